The number of nitrogens with zero attached hydrogens (tertiary/aromatic N) is 1. The van der Waals surface area contributed by atoms with Crippen molar-refractivity contribution in [3.63, 3.8) is 0 Å². The number of nitrogens with one attached hydrogen (secondary N) is 1. The zero-order valence-corrected chi connectivity index (χ0v) is 12.4. The van der Waals surface area contributed by atoms with E-state index < -0.39 is 10.0 Å². The lowest BCUT2D eigenvalue weighted by Crippen LogP contribution is -2.46. The van der Waals surface area contributed by atoms with Crippen LogP contribution in [-0.2, 0) is 10.0 Å². The molecule has 0 radical (unpaired) electrons. The van der Waals surface area contributed by atoms with Gasteiger partial charge < -0.3 is 20.5 Å². The Morgan fingerprint density at radius 1 is 1.15 bits per heavy atom. The third kappa shape index (κ3) is 2.67. The molecule has 0 spiro atoms. The number of sulfonamides is 1. The van der Waals surface area contributed by atoms with Crippen LogP contribution in [0.4, 0.5) is 5.69 Å². The van der Waals surface area contributed by atoms with Gasteiger partial charge in [-0.05, 0) is 6.07 Å². The normalized spacial score (nSPS) is 16.9. The molecule has 1 aromatic rings. The minimum absolute atomic E-state index is 0.0696. The Morgan fingerprint density at radius 2 is 1.75 bits per heavy atom. The first kappa shape index (κ1) is 14.9. The Balaban J connectivity index is 2.47. The third-order valence-corrected chi connectivity index (χ3v) is 5.13. The van der Waals surface area contributed by atoms with Gasteiger partial charge in [0.1, 0.15) is 16.4 Å². The van der Waals surface area contributed by atoms with Gasteiger partial charge >= 0.3 is 0 Å². The molecule has 0 aromatic heterocycles. The summed E-state index contributed by atoms with van der Waals surface area (Å²) in [5.41, 5.74) is 6.07. The Morgan fingerprint density at radius 3 is 2.30 bits per heavy atom. The quantitative estimate of drug-likeness (QED) is 0.753. The van der Waals surface area contributed by atoms with Crippen LogP contribution in [0.3, 0.4) is 0 Å². The maximum absolute atomic E-state index is 12.6. The summed E-state index contributed by atoms with van der Waals surface area (Å²) in [7, 11) is -0.733. The second-order valence-corrected chi connectivity index (χ2v) is 6.31. The molecule has 0 unspecified atom stereocenters. The van der Waals surface area contributed by atoms with E-state index in [9.17, 15) is 8.42 Å². The van der Waals surface area contributed by atoms with E-state index in [4.69, 9.17) is 15.2 Å². The molecule has 0 aliphatic carbocycles. The summed E-state index contributed by atoms with van der Waals surface area (Å²) in [6, 6.07) is 2.87. The van der Waals surface area contributed by atoms with Gasteiger partial charge in [0.2, 0.25) is 10.0 Å². The van der Waals surface area contributed by atoms with E-state index in [-0.39, 0.29) is 16.3 Å². The van der Waals surface area contributed by atoms with Crippen LogP contribution in [0.2, 0.25) is 0 Å². The third-order valence-electron chi connectivity index (χ3n) is 3.21. The molecule has 0 bridgehead atoms. The van der Waals surface area contributed by atoms with Crippen molar-refractivity contribution in [1.82, 2.24) is 9.62 Å². The molecule has 1 aromatic carbocycles. The average Bonchev–Trinajstić information content (AvgIpc) is 2.47. The molecule has 2 rings (SSSR count). The predicted octanol–water partition coefficient (Wildman–Crippen LogP) is -0.120. The van der Waals surface area contributed by atoms with Crippen LogP contribution in [0.1, 0.15) is 0 Å². The van der Waals surface area contributed by atoms with Crippen LogP contribution < -0.4 is 20.5 Å². The van der Waals surface area contributed by atoms with Crippen molar-refractivity contribution >= 4 is 15.7 Å². The molecule has 20 heavy (non-hydrogen) atoms. The van der Waals surface area contributed by atoms with Crippen molar-refractivity contribution in [2.24, 2.45) is 0 Å². The van der Waals surface area contributed by atoms with Crippen molar-refractivity contribution in [3.8, 4) is 11.5 Å². The van der Waals surface area contributed by atoms with Gasteiger partial charge in [-0.3, -0.25) is 0 Å². The summed E-state index contributed by atoms with van der Waals surface area (Å²) in [4.78, 5) is 0.0696. The summed E-state index contributed by atoms with van der Waals surface area (Å²) in [5, 5.41) is 3.11. The van der Waals surface area contributed by atoms with Crippen molar-refractivity contribution in [3.05, 3.63) is 12.1 Å². The Labute approximate surface area is 118 Å². The number of rotatable bonds is 4. The highest BCUT2D eigenvalue weighted by Gasteiger charge is 2.29. The van der Waals surface area contributed by atoms with Gasteiger partial charge in [-0.1, -0.05) is 0 Å². The minimum atomic E-state index is -3.62. The number of methoxy groups -OCH3 is 2. The lowest BCUT2D eigenvalue weighted by Gasteiger charge is -2.27. The largest absolute Gasteiger partial charge is 0.495 e. The number of hydrogen-bond donors (Lipinski definition) is 2. The summed E-state index contributed by atoms with van der Waals surface area (Å²) in [6.07, 6.45) is 0. The Bertz CT molecular complexity index is 583. The summed E-state index contributed by atoms with van der Waals surface area (Å²) in [6.45, 7) is 2.12. The van der Waals surface area contributed by atoms with Crippen LogP contribution in [0, 0.1) is 0 Å². The number of nitrogen functional groups attached to an aromatic ring is 1. The first-order valence-electron chi connectivity index (χ1n) is 6.23. The molecule has 0 atom stereocenters. The van der Waals surface area contributed by atoms with Gasteiger partial charge in [-0.15, -0.1) is 0 Å². The fraction of sp³-hybridized carbons (Fsp3) is 0.500. The van der Waals surface area contributed by atoms with Crippen LogP contribution in [-0.4, -0.2) is 53.1 Å². The maximum atomic E-state index is 12.6. The smallest absolute Gasteiger partial charge is 0.246 e. The van der Waals surface area contributed by atoms with Crippen molar-refractivity contribution in [2.75, 3.05) is 46.1 Å². The van der Waals surface area contributed by atoms with Gasteiger partial charge in [0.25, 0.3) is 0 Å². The second-order valence-electron chi connectivity index (χ2n) is 4.40. The van der Waals surface area contributed by atoms with Gasteiger partial charge in [0.15, 0.2) is 0 Å². The van der Waals surface area contributed by atoms with Crippen molar-refractivity contribution in [1.29, 1.82) is 0 Å². The molecular weight excluding hydrogens is 282 g/mol. The number of piperazine rings is 1. The SMILES string of the molecule is COc1cc(OC)c(S(=O)(=O)N2CCNCC2)cc1N. The van der Waals surface area contributed by atoms with E-state index in [1.807, 2.05) is 0 Å². The monoisotopic (exact) mass is 301 g/mol. The minimum Gasteiger partial charge on any atom is -0.495 e. The van der Waals surface area contributed by atoms with Crippen LogP contribution >= 0.6 is 0 Å². The Hall–Kier alpha value is -1.51. The molecular formula is C12H19N3O4S. The van der Waals surface area contributed by atoms with Gasteiger partial charge in [0.05, 0.1) is 19.9 Å². The van der Waals surface area contributed by atoms with Gasteiger partial charge in [-0.25, -0.2) is 8.42 Å². The van der Waals surface area contributed by atoms with Crippen molar-refractivity contribution < 1.29 is 17.9 Å². The highest BCUT2D eigenvalue weighted by molar-refractivity contribution is 7.89. The van der Waals surface area contributed by atoms with Gasteiger partial charge in [-0.2, -0.15) is 4.31 Å². The van der Waals surface area contributed by atoms with E-state index >= 15 is 0 Å². The highest BCUT2D eigenvalue weighted by atomic mass is 32.2. The molecule has 0 amide bonds. The van der Waals surface area contributed by atoms with Crippen LogP contribution in [0.15, 0.2) is 17.0 Å². The summed E-state index contributed by atoms with van der Waals surface area (Å²) < 4.78 is 36.9. The topological polar surface area (TPSA) is 93.9 Å². The van der Waals surface area contributed by atoms with Gasteiger partial charge in [0, 0.05) is 32.2 Å². The molecule has 8 heteroatoms. The standard InChI is InChI=1S/C12H19N3O4S/c1-18-10-8-11(19-2)12(7-9(10)13)20(16,17)15-5-3-14-4-6-15/h7-8,14H,3-6,13H2,1-2H3. The molecule has 1 fully saturated rings. The fourth-order valence-electron chi connectivity index (χ4n) is 2.12. The number of anilines is 1. The van der Waals surface area contributed by atoms with E-state index in [1.54, 1.807) is 0 Å². The molecule has 0 saturated carbocycles. The summed E-state index contributed by atoms with van der Waals surface area (Å²) >= 11 is 0. The zero-order valence-electron chi connectivity index (χ0n) is 11.5. The first-order valence-corrected chi connectivity index (χ1v) is 7.67. The highest BCUT2D eigenvalue weighted by Crippen LogP contribution is 2.35. The van der Waals surface area contributed by atoms with E-state index in [1.165, 1.54) is 30.7 Å². The Kier molecular flexibility index (Phi) is 4.36. The average molecular weight is 301 g/mol. The van der Waals surface area contributed by atoms with Crippen molar-refractivity contribution in [2.45, 2.75) is 4.90 Å². The molecule has 1 aliphatic rings. The first-order chi connectivity index (χ1) is 9.50. The summed E-state index contributed by atoms with van der Waals surface area (Å²) in [5.74, 6) is 0.621. The predicted molar refractivity (Wildman–Crippen MR) is 75.6 cm³/mol. The lowest BCUT2D eigenvalue weighted by atomic mass is 10.3. The van der Waals surface area contributed by atoms with E-state index in [2.05, 4.69) is 5.32 Å². The van der Waals surface area contributed by atoms with Crippen LogP contribution in [0.25, 0.3) is 0 Å². The van der Waals surface area contributed by atoms with E-state index in [0.717, 1.165) is 0 Å². The van der Waals surface area contributed by atoms with Crippen LogP contribution in [0.5, 0.6) is 11.5 Å². The molecule has 7 nitrogen and oxygen atoms in total. The molecule has 1 heterocycles. The number of nitrogens with two attached hydrogens (primary N) is 1. The number of benzene rings is 1. The number of hydrogen-bond acceptors (Lipinski definition) is 6. The lowest BCUT2D eigenvalue weighted by molar-refractivity contribution is 0.353. The zero-order chi connectivity index (χ0) is 14.8. The fourth-order valence-corrected chi connectivity index (χ4v) is 3.73. The van der Waals surface area contributed by atoms with E-state index in [0.29, 0.717) is 31.9 Å². The molecule has 112 valence electrons. The number of ether oxygens (including phenoxy) is 2. The molecule has 1 saturated heterocycles. The molecule has 1 aliphatic heterocycles. The maximum Gasteiger partial charge on any atom is 0.246 e. The molecule has 3 N–H and O–H groups in total. The second kappa shape index (κ2) is 5.86.